The van der Waals surface area contributed by atoms with Gasteiger partial charge in [0, 0.05) is 30.1 Å². The maximum Gasteiger partial charge on any atom is 0.141 e. The van der Waals surface area contributed by atoms with Gasteiger partial charge in [-0.05, 0) is 56.7 Å². The summed E-state index contributed by atoms with van der Waals surface area (Å²) in [5.41, 5.74) is 3.59. The first-order valence-electron chi connectivity index (χ1n) is 7.95. The van der Waals surface area contributed by atoms with E-state index in [0.29, 0.717) is 11.3 Å². The Balaban J connectivity index is 2.01. The predicted octanol–water partition coefficient (Wildman–Crippen LogP) is 6.00. The average Bonchev–Trinajstić information content (AvgIpc) is 2.54. The first kappa shape index (κ1) is 17.6. The molecular formula is C20H19ClF2N2. The molecule has 0 radical (unpaired) electrons. The van der Waals surface area contributed by atoms with Crippen LogP contribution in [0.5, 0.6) is 0 Å². The van der Waals surface area contributed by atoms with Gasteiger partial charge in [-0.2, -0.15) is 0 Å². The Morgan fingerprint density at radius 1 is 1.12 bits per heavy atom. The van der Waals surface area contributed by atoms with E-state index in [2.05, 4.69) is 29.8 Å². The number of hydrogen-bond donors (Lipinski definition) is 0. The fourth-order valence-corrected chi connectivity index (χ4v) is 3.17. The van der Waals surface area contributed by atoms with Crippen molar-refractivity contribution < 1.29 is 8.78 Å². The molecule has 0 fully saturated rings. The van der Waals surface area contributed by atoms with Crippen molar-refractivity contribution in [2.45, 2.75) is 26.3 Å². The van der Waals surface area contributed by atoms with Gasteiger partial charge < -0.3 is 4.90 Å². The number of benzene rings is 2. The molecule has 1 aliphatic heterocycles. The highest BCUT2D eigenvalue weighted by Gasteiger charge is 2.29. The van der Waals surface area contributed by atoms with Crippen LogP contribution in [0.15, 0.2) is 41.4 Å². The Labute approximate surface area is 151 Å². The number of hydrogen-bond acceptors (Lipinski definition) is 2. The number of nitrogens with zero attached hydrogens (tertiary/aromatic N) is 2. The third-order valence-electron chi connectivity index (χ3n) is 4.59. The molecule has 0 unspecified atom stereocenters. The van der Waals surface area contributed by atoms with Gasteiger partial charge in [0.2, 0.25) is 0 Å². The van der Waals surface area contributed by atoms with Gasteiger partial charge >= 0.3 is 0 Å². The minimum atomic E-state index is -0.507. The van der Waals surface area contributed by atoms with E-state index in [1.54, 1.807) is 6.07 Å². The van der Waals surface area contributed by atoms with Crippen LogP contribution in [0, 0.1) is 11.6 Å². The second-order valence-corrected chi connectivity index (χ2v) is 7.19. The molecular weight excluding hydrogens is 342 g/mol. The van der Waals surface area contributed by atoms with Crippen molar-refractivity contribution in [3.8, 4) is 0 Å². The summed E-state index contributed by atoms with van der Waals surface area (Å²) >= 11 is 5.75. The van der Waals surface area contributed by atoms with Gasteiger partial charge in [-0.3, -0.25) is 4.99 Å². The zero-order valence-electron chi connectivity index (χ0n) is 14.6. The molecule has 0 atom stereocenters. The van der Waals surface area contributed by atoms with Crippen LogP contribution in [0.1, 0.15) is 31.9 Å². The fraction of sp³-hybridized carbons (Fsp3) is 0.250. The molecule has 3 rings (SSSR count). The van der Waals surface area contributed by atoms with Crippen molar-refractivity contribution in [3.63, 3.8) is 0 Å². The van der Waals surface area contributed by atoms with E-state index < -0.39 is 5.82 Å². The predicted molar refractivity (Wildman–Crippen MR) is 101 cm³/mol. The van der Waals surface area contributed by atoms with Crippen LogP contribution in [0.25, 0.3) is 5.57 Å². The van der Waals surface area contributed by atoms with E-state index in [0.717, 1.165) is 16.8 Å². The lowest BCUT2D eigenvalue weighted by Crippen LogP contribution is -2.42. The molecule has 5 heteroatoms. The molecule has 2 aromatic rings. The molecule has 2 nitrogen and oxygen atoms in total. The van der Waals surface area contributed by atoms with Crippen molar-refractivity contribution in [1.29, 1.82) is 0 Å². The largest absolute Gasteiger partial charge is 0.365 e. The number of aliphatic imine (C=N–C) groups is 1. The highest BCUT2D eigenvalue weighted by atomic mass is 35.5. The third kappa shape index (κ3) is 3.31. The van der Waals surface area contributed by atoms with Crippen molar-refractivity contribution in [2.75, 3.05) is 11.9 Å². The molecule has 0 N–H and O–H groups in total. The van der Waals surface area contributed by atoms with E-state index in [1.165, 1.54) is 30.5 Å². The number of allylic oxidation sites excluding steroid dienone is 1. The molecule has 2 aromatic carbocycles. The lowest BCUT2D eigenvalue weighted by Gasteiger charge is -2.40. The van der Waals surface area contributed by atoms with Crippen LogP contribution in [0.4, 0.5) is 20.2 Å². The van der Waals surface area contributed by atoms with Crippen molar-refractivity contribution >= 4 is 34.8 Å². The zero-order valence-corrected chi connectivity index (χ0v) is 15.3. The molecule has 0 aliphatic carbocycles. The Hall–Kier alpha value is -2.20. The zero-order chi connectivity index (χ0) is 18.4. The molecule has 0 aromatic heterocycles. The van der Waals surface area contributed by atoms with E-state index >= 15 is 0 Å². The van der Waals surface area contributed by atoms with Gasteiger partial charge in [0.1, 0.15) is 11.6 Å². The first-order valence-corrected chi connectivity index (χ1v) is 8.33. The van der Waals surface area contributed by atoms with Gasteiger partial charge in [0.15, 0.2) is 0 Å². The van der Waals surface area contributed by atoms with E-state index in [4.69, 9.17) is 11.6 Å². The SMILES string of the molecule is CC1=CC(C)(C)N(C)c2cc(F)c(C=Nc3ccc(F)c(Cl)c3)cc21. The van der Waals surface area contributed by atoms with Gasteiger partial charge in [-0.25, -0.2) is 8.78 Å². The van der Waals surface area contributed by atoms with Crippen molar-refractivity contribution in [3.05, 3.63) is 64.2 Å². The normalized spacial score (nSPS) is 16.1. The molecule has 1 aliphatic rings. The third-order valence-corrected chi connectivity index (χ3v) is 4.88. The van der Waals surface area contributed by atoms with Crippen LogP contribution >= 0.6 is 11.6 Å². The van der Waals surface area contributed by atoms with Gasteiger partial charge in [-0.15, -0.1) is 0 Å². The second-order valence-electron chi connectivity index (χ2n) is 6.79. The fourth-order valence-electron chi connectivity index (χ4n) is 3.00. The highest BCUT2D eigenvalue weighted by Crippen LogP contribution is 2.38. The molecule has 0 spiro atoms. The highest BCUT2D eigenvalue weighted by molar-refractivity contribution is 6.31. The Morgan fingerprint density at radius 3 is 2.52 bits per heavy atom. The van der Waals surface area contributed by atoms with Crippen LogP contribution in [0.3, 0.4) is 0 Å². The summed E-state index contributed by atoms with van der Waals surface area (Å²) in [5.74, 6) is -0.861. The lowest BCUT2D eigenvalue weighted by atomic mass is 9.88. The van der Waals surface area contributed by atoms with E-state index in [9.17, 15) is 8.78 Å². The number of rotatable bonds is 2. The van der Waals surface area contributed by atoms with Crippen molar-refractivity contribution in [2.24, 2.45) is 4.99 Å². The summed E-state index contributed by atoms with van der Waals surface area (Å²) in [6, 6.07) is 7.46. The number of fused-ring (bicyclic) bond motifs is 1. The minimum absolute atomic E-state index is 0.0109. The van der Waals surface area contributed by atoms with Crippen LogP contribution in [-0.2, 0) is 0 Å². The number of anilines is 1. The number of halogens is 3. The molecule has 130 valence electrons. The summed E-state index contributed by atoms with van der Waals surface area (Å²) in [6.07, 6.45) is 3.60. The van der Waals surface area contributed by atoms with Crippen LogP contribution < -0.4 is 4.90 Å². The van der Waals surface area contributed by atoms with Gasteiger partial charge in [-0.1, -0.05) is 17.7 Å². The molecule has 0 amide bonds. The molecule has 0 saturated heterocycles. The molecule has 0 bridgehead atoms. The topological polar surface area (TPSA) is 15.6 Å². The van der Waals surface area contributed by atoms with Gasteiger partial charge in [0.05, 0.1) is 16.2 Å². The number of likely N-dealkylation sites (N-methyl/N-ethyl adjacent to an activating group) is 1. The minimum Gasteiger partial charge on any atom is -0.365 e. The summed E-state index contributed by atoms with van der Waals surface area (Å²) in [4.78, 5) is 6.27. The van der Waals surface area contributed by atoms with Gasteiger partial charge in [0.25, 0.3) is 0 Å². The summed E-state index contributed by atoms with van der Waals surface area (Å²) in [7, 11) is 1.95. The average molecular weight is 361 g/mol. The lowest BCUT2D eigenvalue weighted by molar-refractivity contribution is 0.589. The monoisotopic (exact) mass is 360 g/mol. The summed E-state index contributed by atoms with van der Waals surface area (Å²) < 4.78 is 27.8. The van der Waals surface area contributed by atoms with Crippen molar-refractivity contribution in [1.82, 2.24) is 0 Å². The van der Waals surface area contributed by atoms with E-state index in [1.807, 2.05) is 14.0 Å². The maximum atomic E-state index is 14.6. The maximum absolute atomic E-state index is 14.6. The smallest absolute Gasteiger partial charge is 0.141 e. The standard InChI is InChI=1S/C20H19ClF2N2/c1-12-10-20(2,3)25(4)19-9-18(23)13(7-15(12)19)11-24-14-5-6-17(22)16(21)8-14/h5-11H,1-4H3. The summed E-state index contributed by atoms with van der Waals surface area (Å²) in [5, 5.41) is -0.0109. The van der Waals surface area contributed by atoms with Crippen LogP contribution in [0.2, 0.25) is 5.02 Å². The molecule has 0 saturated carbocycles. The Kier molecular flexibility index (Phi) is 4.41. The molecule has 25 heavy (non-hydrogen) atoms. The summed E-state index contributed by atoms with van der Waals surface area (Å²) in [6.45, 7) is 6.20. The van der Waals surface area contributed by atoms with Crippen LogP contribution in [-0.4, -0.2) is 18.8 Å². The quantitative estimate of drug-likeness (QED) is 0.599. The Morgan fingerprint density at radius 2 is 1.84 bits per heavy atom. The molecule has 1 heterocycles. The second kappa shape index (κ2) is 6.26. The first-order chi connectivity index (χ1) is 11.7. The Bertz CT molecular complexity index is 901. The van der Waals surface area contributed by atoms with E-state index in [-0.39, 0.29) is 16.4 Å².